The second kappa shape index (κ2) is 7.20. The molecule has 1 aliphatic rings. The molecule has 26 heavy (non-hydrogen) atoms. The van der Waals surface area contributed by atoms with E-state index in [0.29, 0.717) is 11.3 Å². The lowest BCUT2D eigenvalue weighted by atomic mass is 10.0. The van der Waals surface area contributed by atoms with Gasteiger partial charge in [-0.2, -0.15) is 0 Å². The zero-order valence-corrected chi connectivity index (χ0v) is 15.0. The van der Waals surface area contributed by atoms with E-state index in [9.17, 15) is 9.59 Å². The third kappa shape index (κ3) is 4.23. The van der Waals surface area contributed by atoms with E-state index in [4.69, 9.17) is 9.84 Å². The molecule has 2 aromatic carbocycles. The largest absolute Gasteiger partial charge is 0.481 e. The van der Waals surface area contributed by atoms with Gasteiger partial charge in [0.1, 0.15) is 5.75 Å². The highest BCUT2D eigenvalue weighted by Crippen LogP contribution is 2.39. The first-order valence-electron chi connectivity index (χ1n) is 8.71. The smallest absolute Gasteiger partial charge is 0.341 e. The maximum absolute atomic E-state index is 12.7. The highest BCUT2D eigenvalue weighted by atomic mass is 16.5. The zero-order chi connectivity index (χ0) is 18.7. The summed E-state index contributed by atoms with van der Waals surface area (Å²) in [6, 6.07) is 13.7. The van der Waals surface area contributed by atoms with Crippen molar-refractivity contribution >= 4 is 11.9 Å². The minimum Gasteiger partial charge on any atom is -0.481 e. The van der Waals surface area contributed by atoms with Crippen molar-refractivity contribution < 1.29 is 19.4 Å². The van der Waals surface area contributed by atoms with Crippen LogP contribution in [-0.4, -0.2) is 29.1 Å². The fraction of sp³-hybridized carbons (Fsp3) is 0.333. The summed E-state index contributed by atoms with van der Waals surface area (Å²) in [6.07, 6.45) is 2.79. The van der Waals surface area contributed by atoms with E-state index in [1.807, 2.05) is 32.0 Å². The predicted octanol–water partition coefficient (Wildman–Crippen LogP) is 3.27. The van der Waals surface area contributed by atoms with Crippen LogP contribution in [0, 0.1) is 13.8 Å². The van der Waals surface area contributed by atoms with Crippen molar-refractivity contribution in [3.8, 4) is 5.75 Å². The molecule has 0 heterocycles. The molecule has 1 saturated carbocycles. The molecule has 0 aliphatic heterocycles. The Labute approximate surface area is 153 Å². The summed E-state index contributed by atoms with van der Waals surface area (Å²) in [6.45, 7) is 3.24. The average molecular weight is 353 g/mol. The second-order valence-electron chi connectivity index (χ2n) is 7.02. The van der Waals surface area contributed by atoms with Gasteiger partial charge in [0.2, 0.25) is 0 Å². The SMILES string of the molecule is Cc1cc(C(=O)NC2(Cc3ccccc3)CC2)cc(C)c1OCC(=O)O. The molecule has 0 spiro atoms. The van der Waals surface area contributed by atoms with Crippen LogP contribution in [0.1, 0.15) is 39.9 Å². The lowest BCUT2D eigenvalue weighted by Crippen LogP contribution is -2.38. The van der Waals surface area contributed by atoms with Crippen molar-refractivity contribution in [1.29, 1.82) is 0 Å². The molecular weight excluding hydrogens is 330 g/mol. The minimum absolute atomic E-state index is 0.102. The fourth-order valence-corrected chi connectivity index (χ4v) is 3.24. The van der Waals surface area contributed by atoms with Crippen molar-refractivity contribution in [2.45, 2.75) is 38.6 Å². The number of amides is 1. The summed E-state index contributed by atoms with van der Waals surface area (Å²) in [7, 11) is 0. The van der Waals surface area contributed by atoms with Gasteiger partial charge in [-0.1, -0.05) is 30.3 Å². The molecule has 0 atom stereocenters. The first-order valence-corrected chi connectivity index (χ1v) is 8.71. The molecule has 0 radical (unpaired) electrons. The van der Waals surface area contributed by atoms with Crippen LogP contribution in [0.3, 0.4) is 0 Å². The van der Waals surface area contributed by atoms with Crippen LogP contribution < -0.4 is 10.1 Å². The standard InChI is InChI=1S/C21H23NO4/c1-14-10-17(11-15(2)19(14)26-13-18(23)24)20(25)22-21(8-9-21)12-16-6-4-3-5-7-16/h3-7,10-11H,8-9,12-13H2,1-2H3,(H,22,25)(H,23,24). The van der Waals surface area contributed by atoms with Gasteiger partial charge in [0, 0.05) is 11.1 Å². The second-order valence-corrected chi connectivity index (χ2v) is 7.02. The van der Waals surface area contributed by atoms with Gasteiger partial charge in [-0.25, -0.2) is 4.79 Å². The lowest BCUT2D eigenvalue weighted by Gasteiger charge is -2.19. The molecule has 0 bridgehead atoms. The Balaban J connectivity index is 1.71. The fourth-order valence-electron chi connectivity index (χ4n) is 3.24. The Morgan fingerprint density at radius 2 is 1.73 bits per heavy atom. The number of aliphatic carboxylic acids is 1. The van der Waals surface area contributed by atoms with E-state index in [0.717, 1.165) is 30.4 Å². The van der Waals surface area contributed by atoms with Gasteiger partial charge in [-0.15, -0.1) is 0 Å². The maximum Gasteiger partial charge on any atom is 0.341 e. The molecular formula is C21H23NO4. The van der Waals surface area contributed by atoms with Crippen LogP contribution in [0.5, 0.6) is 5.75 Å². The number of rotatable bonds is 7. The maximum atomic E-state index is 12.7. The van der Waals surface area contributed by atoms with Gasteiger partial charge in [0.05, 0.1) is 0 Å². The van der Waals surface area contributed by atoms with Crippen molar-refractivity contribution in [2.24, 2.45) is 0 Å². The molecule has 5 heteroatoms. The summed E-state index contributed by atoms with van der Waals surface area (Å²) >= 11 is 0. The molecule has 1 aliphatic carbocycles. The van der Waals surface area contributed by atoms with Gasteiger partial charge in [-0.3, -0.25) is 4.79 Å². The van der Waals surface area contributed by atoms with Gasteiger partial charge in [0.15, 0.2) is 6.61 Å². The number of hydrogen-bond donors (Lipinski definition) is 2. The van der Waals surface area contributed by atoms with Crippen LogP contribution in [0.25, 0.3) is 0 Å². The summed E-state index contributed by atoms with van der Waals surface area (Å²) in [5.41, 5.74) is 3.14. The summed E-state index contributed by atoms with van der Waals surface area (Å²) < 4.78 is 5.32. The number of nitrogens with one attached hydrogen (secondary N) is 1. The first-order chi connectivity index (χ1) is 12.4. The molecule has 0 unspecified atom stereocenters. The molecule has 2 aromatic rings. The third-order valence-corrected chi connectivity index (χ3v) is 4.68. The van der Waals surface area contributed by atoms with Gasteiger partial charge >= 0.3 is 5.97 Å². The molecule has 2 N–H and O–H groups in total. The Morgan fingerprint density at radius 3 is 2.27 bits per heavy atom. The number of carbonyl (C=O) groups is 2. The highest BCUT2D eigenvalue weighted by Gasteiger charge is 2.44. The normalized spacial score (nSPS) is 14.5. The summed E-state index contributed by atoms with van der Waals surface area (Å²) in [4.78, 5) is 23.4. The summed E-state index contributed by atoms with van der Waals surface area (Å²) in [5, 5.41) is 11.9. The highest BCUT2D eigenvalue weighted by molar-refractivity contribution is 5.95. The quantitative estimate of drug-likeness (QED) is 0.801. The number of aryl methyl sites for hydroxylation is 2. The first kappa shape index (κ1) is 18.0. The Morgan fingerprint density at radius 1 is 1.12 bits per heavy atom. The predicted molar refractivity (Wildman–Crippen MR) is 98.6 cm³/mol. The Hall–Kier alpha value is -2.82. The average Bonchev–Trinajstić information content (AvgIpc) is 3.33. The molecule has 3 rings (SSSR count). The zero-order valence-electron chi connectivity index (χ0n) is 15.0. The summed E-state index contributed by atoms with van der Waals surface area (Å²) in [5.74, 6) is -0.606. The van der Waals surface area contributed by atoms with E-state index in [-0.39, 0.29) is 11.4 Å². The molecule has 136 valence electrons. The van der Waals surface area contributed by atoms with Gasteiger partial charge < -0.3 is 15.2 Å². The van der Waals surface area contributed by atoms with Crippen molar-refractivity contribution in [2.75, 3.05) is 6.61 Å². The monoisotopic (exact) mass is 353 g/mol. The van der Waals surface area contributed by atoms with Crippen molar-refractivity contribution in [1.82, 2.24) is 5.32 Å². The van der Waals surface area contributed by atoms with E-state index in [1.165, 1.54) is 5.56 Å². The number of carboxylic acid groups (broad SMARTS) is 1. The topological polar surface area (TPSA) is 75.6 Å². The third-order valence-electron chi connectivity index (χ3n) is 4.68. The van der Waals surface area contributed by atoms with Crippen LogP contribution in [0.4, 0.5) is 0 Å². The number of carboxylic acids is 1. The molecule has 0 aromatic heterocycles. The number of benzene rings is 2. The van der Waals surface area contributed by atoms with Crippen molar-refractivity contribution in [3.05, 3.63) is 64.7 Å². The molecule has 1 amide bonds. The lowest BCUT2D eigenvalue weighted by molar-refractivity contribution is -0.139. The van der Waals surface area contributed by atoms with Crippen LogP contribution >= 0.6 is 0 Å². The van der Waals surface area contributed by atoms with Crippen LogP contribution in [0.15, 0.2) is 42.5 Å². The van der Waals surface area contributed by atoms with E-state index < -0.39 is 12.6 Å². The number of carbonyl (C=O) groups excluding carboxylic acids is 1. The van der Waals surface area contributed by atoms with Gasteiger partial charge in [-0.05, 0) is 61.9 Å². The molecule has 1 fully saturated rings. The van der Waals surface area contributed by atoms with Gasteiger partial charge in [0.25, 0.3) is 5.91 Å². The molecule has 5 nitrogen and oxygen atoms in total. The number of hydrogen-bond acceptors (Lipinski definition) is 3. The van der Waals surface area contributed by atoms with E-state index >= 15 is 0 Å². The number of ether oxygens (including phenoxy) is 1. The van der Waals surface area contributed by atoms with E-state index in [2.05, 4.69) is 17.4 Å². The Bertz CT molecular complexity index is 802. The van der Waals surface area contributed by atoms with Crippen LogP contribution in [-0.2, 0) is 11.2 Å². The minimum atomic E-state index is -1.03. The van der Waals surface area contributed by atoms with E-state index in [1.54, 1.807) is 12.1 Å². The molecule has 0 saturated heterocycles. The Kier molecular flexibility index (Phi) is 4.98. The van der Waals surface area contributed by atoms with Crippen molar-refractivity contribution in [3.63, 3.8) is 0 Å². The van der Waals surface area contributed by atoms with Crippen LogP contribution in [0.2, 0.25) is 0 Å².